The number of aliphatic carboxylic acids is 1. The molecule has 48 heavy (non-hydrogen) atoms. The Labute approximate surface area is 279 Å². The number of hydrogen-bond acceptors (Lipinski definition) is 9. The first-order chi connectivity index (χ1) is 22.5. The molecule has 0 spiro atoms. The lowest BCUT2D eigenvalue weighted by molar-refractivity contribution is -0.143. The smallest absolute Gasteiger partial charge is 0.305 e. The summed E-state index contributed by atoms with van der Waals surface area (Å²) in [5.41, 5.74) is 11.8. The number of carboxylic acids is 1. The second kappa shape index (κ2) is 18.7. The van der Waals surface area contributed by atoms with Crippen molar-refractivity contribution in [3.63, 3.8) is 0 Å². The van der Waals surface area contributed by atoms with Gasteiger partial charge in [0.1, 0.15) is 30.2 Å². The molecule has 0 aromatic heterocycles. The number of aliphatic hydroxyl groups excluding tert-OH is 1. The second-order valence-electron chi connectivity index (χ2n) is 12.7. The summed E-state index contributed by atoms with van der Waals surface area (Å²) in [6.07, 6.45) is 0.237. The minimum atomic E-state index is -1.48. The van der Waals surface area contributed by atoms with E-state index >= 15 is 0 Å². The van der Waals surface area contributed by atoms with Crippen LogP contribution >= 0.6 is 0 Å². The van der Waals surface area contributed by atoms with E-state index < -0.39 is 90.7 Å². The number of carbonyl (C=O) groups excluding carboxylic acids is 6. The predicted octanol–water partition coefficient (Wildman–Crippen LogP) is -1.86. The summed E-state index contributed by atoms with van der Waals surface area (Å²) in [5, 5.41) is 29.0. The van der Waals surface area contributed by atoms with Crippen molar-refractivity contribution >= 4 is 41.4 Å². The summed E-state index contributed by atoms with van der Waals surface area (Å²) < 4.78 is 0. The molecule has 1 heterocycles. The fourth-order valence-electron chi connectivity index (χ4n) is 5.37. The number of aliphatic hydroxyl groups is 1. The third kappa shape index (κ3) is 11.9. The maximum absolute atomic E-state index is 13.7. The average molecular weight is 676 g/mol. The van der Waals surface area contributed by atoms with Gasteiger partial charge in [-0.2, -0.15) is 0 Å². The lowest BCUT2D eigenvalue weighted by Gasteiger charge is -2.30. The number of likely N-dealkylation sites (tertiary alicyclic amines) is 1. The van der Waals surface area contributed by atoms with Gasteiger partial charge in [0.2, 0.25) is 35.4 Å². The van der Waals surface area contributed by atoms with Gasteiger partial charge in [-0.05, 0) is 36.7 Å². The second-order valence-corrected chi connectivity index (χ2v) is 12.7. The number of nitrogens with two attached hydrogens (primary N) is 2. The molecular formula is C32H49N7O9. The molecular weight excluding hydrogens is 626 g/mol. The third-order valence-electron chi connectivity index (χ3n) is 7.89. The molecule has 0 bridgehead atoms. The molecule has 0 aliphatic carbocycles. The van der Waals surface area contributed by atoms with E-state index in [0.717, 1.165) is 5.56 Å². The van der Waals surface area contributed by atoms with Gasteiger partial charge < -0.3 is 47.8 Å². The molecule has 16 heteroatoms. The molecule has 16 nitrogen and oxygen atoms in total. The summed E-state index contributed by atoms with van der Waals surface area (Å²) >= 11 is 0. The zero-order valence-electron chi connectivity index (χ0n) is 27.8. The van der Waals surface area contributed by atoms with Crippen molar-refractivity contribution in [2.75, 3.05) is 13.2 Å². The number of nitrogens with zero attached hydrogens (tertiary/aromatic N) is 1. The Balaban J connectivity index is 2.24. The fourth-order valence-corrected chi connectivity index (χ4v) is 5.37. The minimum Gasteiger partial charge on any atom is -0.481 e. The number of carboxylic acid groups (broad SMARTS) is 1. The Bertz CT molecular complexity index is 1310. The molecule has 266 valence electrons. The van der Waals surface area contributed by atoms with Crippen LogP contribution in [-0.4, -0.2) is 106 Å². The van der Waals surface area contributed by atoms with Gasteiger partial charge in [0.05, 0.1) is 19.1 Å². The summed E-state index contributed by atoms with van der Waals surface area (Å²) in [4.78, 5) is 90.4. The van der Waals surface area contributed by atoms with Crippen LogP contribution in [0.3, 0.4) is 0 Å². The van der Waals surface area contributed by atoms with Crippen LogP contribution in [0.15, 0.2) is 30.3 Å². The van der Waals surface area contributed by atoms with Crippen LogP contribution in [0.1, 0.15) is 58.9 Å². The highest BCUT2D eigenvalue weighted by molar-refractivity contribution is 5.97. The fraction of sp³-hybridized carbons (Fsp3) is 0.594. The van der Waals surface area contributed by atoms with Gasteiger partial charge in [-0.15, -0.1) is 0 Å². The van der Waals surface area contributed by atoms with Crippen LogP contribution in [0.25, 0.3) is 0 Å². The van der Waals surface area contributed by atoms with E-state index in [-0.39, 0.29) is 37.6 Å². The van der Waals surface area contributed by atoms with E-state index in [1.165, 1.54) is 4.90 Å². The molecule has 1 aromatic rings. The first-order valence-electron chi connectivity index (χ1n) is 16.0. The van der Waals surface area contributed by atoms with Gasteiger partial charge in [-0.25, -0.2) is 0 Å². The lowest BCUT2D eigenvalue weighted by Crippen LogP contribution is -2.60. The number of hydrogen-bond donors (Lipinski definition) is 8. The standard InChI is InChI=1S/C32H49N7O9/c1-17(2)13-21(29(45)35-22(14-19-9-6-5-7-10-19)30(46)38-26(18(3)4)27(34)43)36-31(47)24-11-8-12-39(24)32(48)23(16-40)37-28(44)20(33)15-25(41)42/h5-7,9-10,17-18,20-24,26,40H,8,11-16,33H2,1-4H3,(H2,34,43)(H,35,45)(H,36,47)(H,37,44)(H,38,46)(H,41,42)/t20-,21-,22-,23-,24-,26-/m0/s1. The van der Waals surface area contributed by atoms with E-state index in [4.69, 9.17) is 16.6 Å². The van der Waals surface area contributed by atoms with Gasteiger partial charge in [0.25, 0.3) is 0 Å². The zero-order valence-corrected chi connectivity index (χ0v) is 27.8. The van der Waals surface area contributed by atoms with Gasteiger partial charge in [0.15, 0.2) is 0 Å². The molecule has 1 aromatic carbocycles. The first kappa shape index (κ1) is 39.6. The molecule has 0 unspecified atom stereocenters. The third-order valence-corrected chi connectivity index (χ3v) is 7.89. The van der Waals surface area contributed by atoms with Gasteiger partial charge in [0, 0.05) is 13.0 Å². The molecule has 10 N–H and O–H groups in total. The Hall–Kier alpha value is -4.57. The average Bonchev–Trinajstić information content (AvgIpc) is 3.51. The quantitative estimate of drug-likeness (QED) is 0.0860. The monoisotopic (exact) mass is 675 g/mol. The molecule has 1 aliphatic heterocycles. The maximum Gasteiger partial charge on any atom is 0.305 e. The van der Waals surface area contributed by atoms with E-state index in [9.17, 15) is 38.7 Å². The number of nitrogens with one attached hydrogen (secondary N) is 4. The molecule has 1 aliphatic rings. The van der Waals surface area contributed by atoms with Crippen molar-refractivity contribution in [2.24, 2.45) is 23.3 Å². The highest BCUT2D eigenvalue weighted by Gasteiger charge is 2.39. The van der Waals surface area contributed by atoms with Crippen LogP contribution < -0.4 is 32.7 Å². The number of primary amides is 1. The van der Waals surface area contributed by atoms with Crippen molar-refractivity contribution < 1.29 is 43.8 Å². The highest BCUT2D eigenvalue weighted by Crippen LogP contribution is 2.20. The van der Waals surface area contributed by atoms with E-state index in [1.807, 2.05) is 13.8 Å². The maximum atomic E-state index is 13.7. The van der Waals surface area contributed by atoms with Gasteiger partial charge in [-0.1, -0.05) is 58.0 Å². The lowest BCUT2D eigenvalue weighted by atomic mass is 9.99. The summed E-state index contributed by atoms with van der Waals surface area (Å²) in [6, 6.07) is 1.72. The van der Waals surface area contributed by atoms with Gasteiger partial charge in [-0.3, -0.25) is 33.6 Å². The van der Waals surface area contributed by atoms with E-state index in [2.05, 4.69) is 21.3 Å². The molecule has 6 atom stereocenters. The Morgan fingerprint density at radius 1 is 0.875 bits per heavy atom. The Morgan fingerprint density at radius 3 is 2.02 bits per heavy atom. The normalized spacial score (nSPS) is 17.5. The van der Waals surface area contributed by atoms with Crippen LogP contribution in [0.2, 0.25) is 0 Å². The Morgan fingerprint density at radius 2 is 1.48 bits per heavy atom. The number of carbonyl (C=O) groups is 7. The van der Waals surface area contributed by atoms with E-state index in [1.54, 1.807) is 44.2 Å². The van der Waals surface area contributed by atoms with Crippen molar-refractivity contribution in [1.29, 1.82) is 0 Å². The van der Waals surface area contributed by atoms with Gasteiger partial charge >= 0.3 is 5.97 Å². The number of benzene rings is 1. The predicted molar refractivity (Wildman–Crippen MR) is 173 cm³/mol. The minimum absolute atomic E-state index is 0.0760. The van der Waals surface area contributed by atoms with Crippen LogP contribution in [-0.2, 0) is 40.0 Å². The van der Waals surface area contributed by atoms with E-state index in [0.29, 0.717) is 6.42 Å². The van der Waals surface area contributed by atoms with Crippen molar-refractivity contribution in [1.82, 2.24) is 26.2 Å². The summed E-state index contributed by atoms with van der Waals surface area (Å²) in [7, 11) is 0. The molecule has 1 fully saturated rings. The number of rotatable bonds is 18. The van der Waals surface area contributed by atoms with Crippen LogP contribution in [0, 0.1) is 11.8 Å². The van der Waals surface area contributed by atoms with Crippen molar-refractivity contribution in [3.05, 3.63) is 35.9 Å². The molecule has 0 radical (unpaired) electrons. The first-order valence-corrected chi connectivity index (χ1v) is 16.0. The van der Waals surface area contributed by atoms with Crippen LogP contribution in [0.5, 0.6) is 0 Å². The van der Waals surface area contributed by atoms with Crippen LogP contribution in [0.4, 0.5) is 0 Å². The summed E-state index contributed by atoms with van der Waals surface area (Å²) in [6.45, 7) is 6.42. The number of amides is 6. The molecule has 1 saturated heterocycles. The van der Waals surface area contributed by atoms with Crippen molar-refractivity contribution in [2.45, 2.75) is 96.1 Å². The van der Waals surface area contributed by atoms with Crippen molar-refractivity contribution in [3.8, 4) is 0 Å². The molecule has 0 saturated carbocycles. The summed E-state index contributed by atoms with van der Waals surface area (Å²) in [5.74, 6) is -6.10. The SMILES string of the molecule is CC(C)C[C@H](NC(=O)[C@@H]1CCCN1C(=O)[C@H](CO)NC(=O)[C@@H](N)CC(=O)O)C(=O)N[C@@H](Cc1ccccc1)C(=O)N[C@H](C(N)=O)C(C)C. The highest BCUT2D eigenvalue weighted by atomic mass is 16.4. The molecule has 2 rings (SSSR count). The molecule has 6 amide bonds. The largest absolute Gasteiger partial charge is 0.481 e. The topological polar surface area (TPSA) is 263 Å². The zero-order chi connectivity index (χ0) is 36.1. The Kier molecular flexibility index (Phi) is 15.4.